The van der Waals surface area contributed by atoms with Crippen molar-refractivity contribution < 1.29 is 0 Å². The second kappa shape index (κ2) is 3.92. The van der Waals surface area contributed by atoms with E-state index in [1.54, 1.807) is 0 Å². The molecule has 70 valence electrons. The highest BCUT2D eigenvalue weighted by molar-refractivity contribution is 5.60. The van der Waals surface area contributed by atoms with Gasteiger partial charge in [-0.05, 0) is 12.1 Å². The van der Waals surface area contributed by atoms with Crippen LogP contribution in [-0.4, -0.2) is 12.0 Å². The summed E-state index contributed by atoms with van der Waals surface area (Å²) in [6.45, 7) is 0. The van der Waals surface area contributed by atoms with Crippen molar-refractivity contribution >= 4 is 5.69 Å². The van der Waals surface area contributed by atoms with E-state index >= 15 is 0 Å². The minimum atomic E-state index is 1.00. The van der Waals surface area contributed by atoms with Gasteiger partial charge in [-0.25, -0.2) is 0 Å². The molecule has 0 aliphatic rings. The molecule has 14 heavy (non-hydrogen) atoms. The highest BCUT2D eigenvalue weighted by atomic mass is 14.8. The molecule has 0 bridgehead atoms. The van der Waals surface area contributed by atoms with E-state index in [9.17, 15) is 0 Å². The van der Waals surface area contributed by atoms with Crippen LogP contribution in [0.25, 0.3) is 11.3 Å². The fourth-order valence-electron chi connectivity index (χ4n) is 1.32. The number of nitrogens with zero attached hydrogens (tertiary/aromatic N) is 1. The van der Waals surface area contributed by atoms with Crippen molar-refractivity contribution in [1.29, 1.82) is 0 Å². The summed E-state index contributed by atoms with van der Waals surface area (Å²) in [6, 6.07) is 14.2. The summed E-state index contributed by atoms with van der Waals surface area (Å²) >= 11 is 0. The summed E-state index contributed by atoms with van der Waals surface area (Å²) in [7, 11) is 1.89. The third-order valence-electron chi connectivity index (χ3n) is 2.12. The Labute approximate surface area is 83.6 Å². The van der Waals surface area contributed by atoms with Crippen molar-refractivity contribution in [2.24, 2.45) is 0 Å². The van der Waals surface area contributed by atoms with Crippen LogP contribution in [-0.2, 0) is 0 Å². The molecule has 0 saturated carbocycles. The van der Waals surface area contributed by atoms with E-state index in [2.05, 4.69) is 22.4 Å². The lowest BCUT2D eigenvalue weighted by Crippen LogP contribution is -1.89. The summed E-state index contributed by atoms with van der Waals surface area (Å²) in [5.74, 6) is 0. The smallest absolute Gasteiger partial charge is 0.0703 e. The zero-order chi connectivity index (χ0) is 9.80. The SMILES string of the molecule is CNc1ccc(-c2ccccc2)nc1. The maximum atomic E-state index is 4.36. The second-order valence-electron chi connectivity index (χ2n) is 3.05. The first-order chi connectivity index (χ1) is 6.90. The Morgan fingerprint density at radius 3 is 2.36 bits per heavy atom. The number of hydrogen-bond acceptors (Lipinski definition) is 2. The van der Waals surface area contributed by atoms with Gasteiger partial charge in [0, 0.05) is 12.6 Å². The lowest BCUT2D eigenvalue weighted by atomic mass is 10.1. The maximum absolute atomic E-state index is 4.36. The van der Waals surface area contributed by atoms with Crippen LogP contribution in [0.3, 0.4) is 0 Å². The van der Waals surface area contributed by atoms with E-state index in [-0.39, 0.29) is 0 Å². The second-order valence-corrected chi connectivity index (χ2v) is 3.05. The fraction of sp³-hybridized carbons (Fsp3) is 0.0833. The van der Waals surface area contributed by atoms with Crippen molar-refractivity contribution in [3.05, 3.63) is 48.7 Å². The number of benzene rings is 1. The normalized spacial score (nSPS) is 9.79. The number of anilines is 1. The predicted molar refractivity (Wildman–Crippen MR) is 59.2 cm³/mol. The van der Waals surface area contributed by atoms with Crippen LogP contribution in [0.2, 0.25) is 0 Å². The van der Waals surface area contributed by atoms with Gasteiger partial charge in [0.05, 0.1) is 17.6 Å². The monoisotopic (exact) mass is 184 g/mol. The van der Waals surface area contributed by atoms with Crippen LogP contribution in [0.1, 0.15) is 0 Å². The Morgan fingerprint density at radius 2 is 1.79 bits per heavy atom. The van der Waals surface area contributed by atoms with Crippen molar-refractivity contribution in [3.8, 4) is 11.3 Å². The molecule has 0 spiro atoms. The number of pyridine rings is 1. The number of aromatic nitrogens is 1. The van der Waals surface area contributed by atoms with Crippen molar-refractivity contribution in [3.63, 3.8) is 0 Å². The highest BCUT2D eigenvalue weighted by Crippen LogP contribution is 2.17. The summed E-state index contributed by atoms with van der Waals surface area (Å²) in [4.78, 5) is 4.36. The minimum Gasteiger partial charge on any atom is -0.387 e. The molecule has 0 fully saturated rings. The average Bonchev–Trinajstić information content (AvgIpc) is 2.30. The third-order valence-corrected chi connectivity index (χ3v) is 2.12. The van der Waals surface area contributed by atoms with E-state index in [1.165, 1.54) is 0 Å². The van der Waals surface area contributed by atoms with Crippen LogP contribution in [0.15, 0.2) is 48.7 Å². The Bertz CT molecular complexity index is 392. The molecule has 0 aliphatic carbocycles. The molecule has 0 unspecified atom stereocenters. The molecule has 1 aromatic carbocycles. The first kappa shape index (κ1) is 8.75. The average molecular weight is 184 g/mol. The molecule has 0 aliphatic heterocycles. The largest absolute Gasteiger partial charge is 0.387 e. The summed E-state index contributed by atoms with van der Waals surface area (Å²) < 4.78 is 0. The zero-order valence-corrected chi connectivity index (χ0v) is 8.07. The van der Waals surface area contributed by atoms with Crippen LogP contribution in [0.4, 0.5) is 5.69 Å². The number of hydrogen-bond donors (Lipinski definition) is 1. The number of rotatable bonds is 2. The molecule has 2 nitrogen and oxygen atoms in total. The lowest BCUT2D eigenvalue weighted by molar-refractivity contribution is 1.31. The molecule has 0 radical (unpaired) electrons. The first-order valence-corrected chi connectivity index (χ1v) is 4.59. The molecule has 2 rings (SSSR count). The van der Waals surface area contributed by atoms with E-state index in [4.69, 9.17) is 0 Å². The zero-order valence-electron chi connectivity index (χ0n) is 8.07. The molecule has 2 heteroatoms. The Hall–Kier alpha value is -1.83. The summed E-state index contributed by atoms with van der Waals surface area (Å²) in [5.41, 5.74) is 3.18. The van der Waals surface area contributed by atoms with Gasteiger partial charge in [-0.3, -0.25) is 4.98 Å². The quantitative estimate of drug-likeness (QED) is 0.776. The van der Waals surface area contributed by atoms with Gasteiger partial charge in [0.25, 0.3) is 0 Å². The van der Waals surface area contributed by atoms with Crippen LogP contribution in [0.5, 0.6) is 0 Å². The third kappa shape index (κ3) is 1.74. The predicted octanol–water partition coefficient (Wildman–Crippen LogP) is 2.79. The van der Waals surface area contributed by atoms with E-state index in [0.29, 0.717) is 0 Å². The molecule has 1 heterocycles. The van der Waals surface area contributed by atoms with Gasteiger partial charge in [0.2, 0.25) is 0 Å². The first-order valence-electron chi connectivity index (χ1n) is 4.59. The lowest BCUT2D eigenvalue weighted by Gasteiger charge is -2.02. The van der Waals surface area contributed by atoms with Gasteiger partial charge in [-0.2, -0.15) is 0 Å². The molecular formula is C12H12N2. The summed E-state index contributed by atoms with van der Waals surface area (Å²) in [5, 5.41) is 3.04. The molecular weight excluding hydrogens is 172 g/mol. The molecule has 1 aromatic heterocycles. The Kier molecular flexibility index (Phi) is 2.45. The van der Waals surface area contributed by atoms with Crippen LogP contribution in [0, 0.1) is 0 Å². The van der Waals surface area contributed by atoms with E-state index in [0.717, 1.165) is 16.9 Å². The van der Waals surface area contributed by atoms with Gasteiger partial charge in [0.1, 0.15) is 0 Å². The fourth-order valence-corrected chi connectivity index (χ4v) is 1.32. The molecule has 2 aromatic rings. The Balaban J connectivity index is 2.34. The topological polar surface area (TPSA) is 24.9 Å². The van der Waals surface area contributed by atoms with Crippen molar-refractivity contribution in [2.75, 3.05) is 12.4 Å². The summed E-state index contributed by atoms with van der Waals surface area (Å²) in [6.07, 6.45) is 1.84. The van der Waals surface area contributed by atoms with Gasteiger partial charge < -0.3 is 5.32 Å². The molecule has 0 saturated heterocycles. The van der Waals surface area contributed by atoms with Gasteiger partial charge in [-0.15, -0.1) is 0 Å². The molecule has 1 N–H and O–H groups in total. The van der Waals surface area contributed by atoms with Crippen LogP contribution >= 0.6 is 0 Å². The number of nitrogens with one attached hydrogen (secondary N) is 1. The maximum Gasteiger partial charge on any atom is 0.0703 e. The van der Waals surface area contributed by atoms with Gasteiger partial charge >= 0.3 is 0 Å². The van der Waals surface area contributed by atoms with Crippen molar-refractivity contribution in [1.82, 2.24) is 4.98 Å². The standard InChI is InChI=1S/C12H12N2/c1-13-11-7-8-12(14-9-11)10-5-3-2-4-6-10/h2-9,13H,1H3. The molecule has 0 atom stereocenters. The molecule has 0 amide bonds. The van der Waals surface area contributed by atoms with Gasteiger partial charge in [0.15, 0.2) is 0 Å². The van der Waals surface area contributed by atoms with E-state index < -0.39 is 0 Å². The Morgan fingerprint density at radius 1 is 1.00 bits per heavy atom. The van der Waals surface area contributed by atoms with E-state index in [1.807, 2.05) is 43.6 Å². The van der Waals surface area contributed by atoms with Crippen LogP contribution < -0.4 is 5.32 Å². The van der Waals surface area contributed by atoms with Crippen molar-refractivity contribution in [2.45, 2.75) is 0 Å². The minimum absolute atomic E-state index is 1.00. The highest BCUT2D eigenvalue weighted by Gasteiger charge is 1.96. The van der Waals surface area contributed by atoms with Gasteiger partial charge in [-0.1, -0.05) is 30.3 Å².